The second kappa shape index (κ2) is 8.25. The Balaban J connectivity index is 1.34. The number of sulfonamides is 1. The Kier molecular flexibility index (Phi) is 5.45. The van der Waals surface area contributed by atoms with Crippen LogP contribution in [0.25, 0.3) is 5.65 Å². The number of hydrogen-bond acceptors (Lipinski definition) is 6. The summed E-state index contributed by atoms with van der Waals surface area (Å²) in [6.07, 6.45) is 5.27. The van der Waals surface area contributed by atoms with Crippen LogP contribution < -0.4 is 4.90 Å². The molecule has 3 aromatic rings. The van der Waals surface area contributed by atoms with Crippen LogP contribution in [0, 0.1) is 0 Å². The van der Waals surface area contributed by atoms with Gasteiger partial charge in [0.05, 0.1) is 10.6 Å². The van der Waals surface area contributed by atoms with Crippen molar-refractivity contribution in [1.29, 1.82) is 0 Å². The first-order valence-electron chi connectivity index (χ1n) is 10.4. The maximum Gasteiger partial charge on any atom is 0.243 e. The molecule has 1 fully saturated rings. The first-order chi connectivity index (χ1) is 15.0. The second-order valence-corrected chi connectivity index (χ2v) is 10.6. The summed E-state index contributed by atoms with van der Waals surface area (Å²) in [4.78, 5) is 15.1. The highest BCUT2D eigenvalue weighted by Gasteiger charge is 2.29. The molecule has 0 saturated carbocycles. The number of anilines is 1. The molecule has 0 aliphatic carbocycles. The van der Waals surface area contributed by atoms with Gasteiger partial charge in [-0.2, -0.15) is 4.31 Å². The summed E-state index contributed by atoms with van der Waals surface area (Å²) in [6, 6.07) is 10.8. The number of hydrogen-bond donors (Lipinski definition) is 0. The molecule has 2 aliphatic heterocycles. The van der Waals surface area contributed by atoms with Gasteiger partial charge < -0.3 is 4.90 Å². The lowest BCUT2D eigenvalue weighted by Gasteiger charge is -2.30. The lowest BCUT2D eigenvalue weighted by molar-refractivity contribution is -0.116. The number of aromatic nitrogens is 3. The van der Waals surface area contributed by atoms with Crippen molar-refractivity contribution in [2.75, 3.05) is 30.3 Å². The lowest BCUT2D eigenvalue weighted by atomic mass is 10.0. The fourth-order valence-corrected chi connectivity index (χ4v) is 6.56. The number of fused-ring (bicyclic) bond motifs is 2. The quantitative estimate of drug-likeness (QED) is 0.547. The van der Waals surface area contributed by atoms with Gasteiger partial charge in [-0.05, 0) is 61.6 Å². The van der Waals surface area contributed by atoms with E-state index in [0.29, 0.717) is 29.7 Å². The molecule has 0 radical (unpaired) electrons. The van der Waals surface area contributed by atoms with Gasteiger partial charge in [0.25, 0.3) is 0 Å². The summed E-state index contributed by atoms with van der Waals surface area (Å²) in [5, 5.41) is 8.96. The van der Waals surface area contributed by atoms with E-state index in [1.54, 1.807) is 27.4 Å². The number of carbonyl (C=O) groups excluding carboxylic acids is 1. The van der Waals surface area contributed by atoms with Crippen molar-refractivity contribution in [1.82, 2.24) is 18.9 Å². The Labute approximate surface area is 185 Å². The van der Waals surface area contributed by atoms with E-state index in [9.17, 15) is 13.2 Å². The molecule has 1 aromatic carbocycles. The SMILES string of the molecule is O=C(CSc1nnc2ccccn12)N1CCCc2cc(S(=O)(=O)N3CCCC3)ccc21. The van der Waals surface area contributed by atoms with E-state index in [1.807, 2.05) is 28.8 Å². The first kappa shape index (κ1) is 20.5. The van der Waals surface area contributed by atoms with E-state index >= 15 is 0 Å². The van der Waals surface area contributed by atoms with Crippen molar-refractivity contribution in [2.24, 2.45) is 0 Å². The number of rotatable bonds is 5. The van der Waals surface area contributed by atoms with Crippen molar-refractivity contribution >= 4 is 39.0 Å². The standard InChI is InChI=1S/C21H23N5O3S2/c27-20(15-30-21-23-22-19-7-1-2-12-26(19)21)25-13-5-6-16-14-17(8-9-18(16)25)31(28,29)24-10-3-4-11-24/h1-2,7-9,12,14H,3-6,10-11,13,15H2. The predicted molar refractivity (Wildman–Crippen MR) is 119 cm³/mol. The number of aryl methyl sites for hydroxylation is 1. The second-order valence-electron chi connectivity index (χ2n) is 7.75. The van der Waals surface area contributed by atoms with Gasteiger partial charge in [-0.15, -0.1) is 10.2 Å². The van der Waals surface area contributed by atoms with Gasteiger partial charge >= 0.3 is 0 Å². The molecular formula is C21H23N5O3S2. The molecule has 1 saturated heterocycles. The van der Waals surface area contributed by atoms with E-state index in [1.165, 1.54) is 11.8 Å². The Morgan fingerprint density at radius 1 is 1.03 bits per heavy atom. The number of carbonyl (C=O) groups is 1. The monoisotopic (exact) mass is 457 g/mol. The molecular weight excluding hydrogens is 434 g/mol. The summed E-state index contributed by atoms with van der Waals surface area (Å²) in [5.74, 6) is 0.219. The maximum absolute atomic E-state index is 13.0. The Morgan fingerprint density at radius 3 is 2.71 bits per heavy atom. The van der Waals surface area contributed by atoms with E-state index in [-0.39, 0.29) is 11.7 Å². The van der Waals surface area contributed by atoms with Crippen LogP contribution in [-0.4, -0.2) is 58.6 Å². The minimum Gasteiger partial charge on any atom is -0.311 e. The third-order valence-corrected chi connectivity index (χ3v) is 8.60. The fraction of sp³-hybridized carbons (Fsp3) is 0.381. The number of benzene rings is 1. The third-order valence-electron chi connectivity index (χ3n) is 5.78. The molecule has 0 spiro atoms. The Hall–Kier alpha value is -2.43. The highest BCUT2D eigenvalue weighted by molar-refractivity contribution is 7.99. The maximum atomic E-state index is 13.0. The molecule has 0 unspecified atom stereocenters. The van der Waals surface area contributed by atoms with Gasteiger partial charge in [0, 0.05) is 31.5 Å². The zero-order valence-electron chi connectivity index (χ0n) is 17.0. The van der Waals surface area contributed by atoms with Gasteiger partial charge in [-0.1, -0.05) is 17.8 Å². The smallest absolute Gasteiger partial charge is 0.243 e. The normalized spacial score (nSPS) is 17.2. The highest BCUT2D eigenvalue weighted by atomic mass is 32.2. The van der Waals surface area contributed by atoms with Crippen molar-refractivity contribution in [3.8, 4) is 0 Å². The van der Waals surface area contributed by atoms with Crippen LogP contribution in [0.2, 0.25) is 0 Å². The average Bonchev–Trinajstić information content (AvgIpc) is 3.47. The molecule has 4 heterocycles. The first-order valence-corrected chi connectivity index (χ1v) is 12.8. The molecule has 8 nitrogen and oxygen atoms in total. The van der Waals surface area contributed by atoms with Crippen molar-refractivity contribution in [3.05, 3.63) is 48.2 Å². The van der Waals surface area contributed by atoms with Crippen LogP contribution in [0.3, 0.4) is 0 Å². The molecule has 5 rings (SSSR count). The van der Waals surface area contributed by atoms with Gasteiger partial charge in [-0.3, -0.25) is 9.20 Å². The van der Waals surface area contributed by atoms with Gasteiger partial charge in [-0.25, -0.2) is 8.42 Å². The molecule has 10 heteroatoms. The van der Waals surface area contributed by atoms with E-state index < -0.39 is 10.0 Å². The van der Waals surface area contributed by atoms with Crippen molar-refractivity contribution in [3.63, 3.8) is 0 Å². The molecule has 0 N–H and O–H groups in total. The summed E-state index contributed by atoms with van der Waals surface area (Å²) < 4.78 is 29.2. The summed E-state index contributed by atoms with van der Waals surface area (Å²) in [7, 11) is -3.46. The highest BCUT2D eigenvalue weighted by Crippen LogP contribution is 2.32. The third kappa shape index (κ3) is 3.83. The van der Waals surface area contributed by atoms with Crippen LogP contribution in [0.15, 0.2) is 52.6 Å². The summed E-state index contributed by atoms with van der Waals surface area (Å²) in [5.41, 5.74) is 2.47. The van der Waals surface area contributed by atoms with Gasteiger partial charge in [0.2, 0.25) is 15.9 Å². The number of thioether (sulfide) groups is 1. The van der Waals surface area contributed by atoms with E-state index in [2.05, 4.69) is 10.2 Å². The zero-order valence-corrected chi connectivity index (χ0v) is 18.6. The summed E-state index contributed by atoms with van der Waals surface area (Å²) in [6.45, 7) is 1.79. The summed E-state index contributed by atoms with van der Waals surface area (Å²) >= 11 is 1.35. The zero-order chi connectivity index (χ0) is 21.4. The topological polar surface area (TPSA) is 87.9 Å². The van der Waals surface area contributed by atoms with Crippen LogP contribution in [-0.2, 0) is 21.2 Å². The molecule has 1 amide bonds. The fourth-order valence-electron chi connectivity index (χ4n) is 4.19. The number of pyridine rings is 1. The van der Waals surface area contributed by atoms with Gasteiger partial charge in [0.15, 0.2) is 10.8 Å². The molecule has 162 valence electrons. The van der Waals surface area contributed by atoms with E-state index in [0.717, 1.165) is 42.6 Å². The Bertz CT molecular complexity index is 1230. The average molecular weight is 458 g/mol. The number of nitrogens with zero attached hydrogens (tertiary/aromatic N) is 5. The van der Waals surface area contributed by atoms with Crippen LogP contribution in [0.1, 0.15) is 24.8 Å². The van der Waals surface area contributed by atoms with Crippen molar-refractivity contribution < 1.29 is 13.2 Å². The molecule has 2 aliphatic rings. The van der Waals surface area contributed by atoms with Crippen molar-refractivity contribution in [2.45, 2.75) is 35.7 Å². The van der Waals surface area contributed by atoms with Crippen LogP contribution >= 0.6 is 11.8 Å². The molecule has 0 bridgehead atoms. The molecule has 2 aromatic heterocycles. The van der Waals surface area contributed by atoms with E-state index in [4.69, 9.17) is 0 Å². The van der Waals surface area contributed by atoms with Crippen LogP contribution in [0.5, 0.6) is 0 Å². The Morgan fingerprint density at radius 2 is 1.87 bits per heavy atom. The lowest BCUT2D eigenvalue weighted by Crippen LogP contribution is -2.37. The predicted octanol–water partition coefficient (Wildman–Crippen LogP) is 2.59. The minimum atomic E-state index is -3.46. The van der Waals surface area contributed by atoms with Gasteiger partial charge in [0.1, 0.15) is 0 Å². The number of amides is 1. The molecule has 0 atom stereocenters. The minimum absolute atomic E-state index is 0.0196. The van der Waals surface area contributed by atoms with Crippen LogP contribution in [0.4, 0.5) is 5.69 Å². The largest absolute Gasteiger partial charge is 0.311 e. The molecule has 31 heavy (non-hydrogen) atoms.